The Morgan fingerprint density at radius 3 is 2.30 bits per heavy atom. The molecule has 1 saturated carbocycles. The third-order valence-electron chi connectivity index (χ3n) is 6.31. The first kappa shape index (κ1) is 18.4. The Bertz CT molecular complexity index is 1020. The Morgan fingerprint density at radius 2 is 1.63 bits per heavy atom. The molecule has 1 fully saturated rings. The first-order valence-electron chi connectivity index (χ1n) is 10.3. The second-order valence-corrected chi connectivity index (χ2v) is 9.08. The molecule has 5 rings (SSSR count). The molecule has 140 valence electrons. The molecule has 1 heterocycles. The van der Waals surface area contributed by atoms with Crippen LogP contribution < -0.4 is 5.43 Å². The highest BCUT2D eigenvalue weighted by atomic mass is 32.1. The minimum atomic E-state index is 0.286. The fourth-order valence-corrected chi connectivity index (χ4v) is 5.94. The van der Waals surface area contributed by atoms with Gasteiger partial charge in [-0.3, -0.25) is 4.79 Å². The number of rotatable bonds is 1. The summed E-state index contributed by atoms with van der Waals surface area (Å²) in [7, 11) is 0. The monoisotopic (exact) mass is 376 g/mol. The van der Waals surface area contributed by atoms with Gasteiger partial charge in [0.15, 0.2) is 5.43 Å². The Labute approximate surface area is 166 Å². The summed E-state index contributed by atoms with van der Waals surface area (Å²) in [6.45, 7) is 6.11. The van der Waals surface area contributed by atoms with Gasteiger partial charge in [-0.25, -0.2) is 0 Å². The summed E-state index contributed by atoms with van der Waals surface area (Å²) in [4.78, 5) is 14.4. The molecular formula is C25H28OS. The van der Waals surface area contributed by atoms with Gasteiger partial charge in [-0.05, 0) is 67.7 Å². The van der Waals surface area contributed by atoms with Crippen LogP contribution in [0, 0.1) is 12.3 Å². The molecule has 27 heavy (non-hydrogen) atoms. The largest absolute Gasteiger partial charge is 0.289 e. The van der Waals surface area contributed by atoms with Crippen LogP contribution in [0.4, 0.5) is 0 Å². The summed E-state index contributed by atoms with van der Waals surface area (Å²) < 4.78 is 1.15. The van der Waals surface area contributed by atoms with Crippen molar-refractivity contribution in [1.82, 2.24) is 0 Å². The summed E-state index contributed by atoms with van der Waals surface area (Å²) in [5.41, 5.74) is 5.62. The van der Waals surface area contributed by atoms with Gasteiger partial charge >= 0.3 is 0 Å². The van der Waals surface area contributed by atoms with E-state index >= 15 is 0 Å². The van der Waals surface area contributed by atoms with Crippen LogP contribution in [0.5, 0.6) is 0 Å². The molecule has 2 aliphatic rings. The van der Waals surface area contributed by atoms with Crippen LogP contribution in [0.15, 0.2) is 47.3 Å². The van der Waals surface area contributed by atoms with Crippen molar-refractivity contribution >= 4 is 21.4 Å². The zero-order valence-electron chi connectivity index (χ0n) is 16.6. The van der Waals surface area contributed by atoms with E-state index in [4.69, 9.17) is 0 Å². The minimum Gasteiger partial charge on any atom is -0.289 e. The molecule has 0 unspecified atom stereocenters. The highest BCUT2D eigenvalue weighted by Gasteiger charge is 2.40. The smallest absolute Gasteiger partial charge is 0.191 e. The summed E-state index contributed by atoms with van der Waals surface area (Å²) in [5.74, 6) is 0. The van der Waals surface area contributed by atoms with Crippen molar-refractivity contribution < 1.29 is 0 Å². The van der Waals surface area contributed by atoms with Gasteiger partial charge in [-0.15, -0.1) is 11.3 Å². The lowest BCUT2D eigenvalue weighted by Crippen LogP contribution is -2.36. The Hall–Kier alpha value is -1.93. The number of benzene rings is 2. The quantitative estimate of drug-likeness (QED) is 0.450. The summed E-state index contributed by atoms with van der Waals surface area (Å²) in [6.07, 6.45) is 7.42. The number of hydrogen-bond acceptors (Lipinski definition) is 2. The summed E-state index contributed by atoms with van der Waals surface area (Å²) >= 11 is 1.87. The van der Waals surface area contributed by atoms with Gasteiger partial charge in [0.2, 0.25) is 0 Å². The highest BCUT2D eigenvalue weighted by Crippen LogP contribution is 2.51. The third-order valence-corrected chi connectivity index (χ3v) is 7.50. The molecule has 0 radical (unpaired) electrons. The van der Waals surface area contributed by atoms with Crippen molar-refractivity contribution in [3.05, 3.63) is 68.7 Å². The van der Waals surface area contributed by atoms with Crippen molar-refractivity contribution in [2.24, 2.45) is 5.41 Å². The first-order chi connectivity index (χ1) is 13.1. The van der Waals surface area contributed by atoms with Crippen LogP contribution in [0.25, 0.3) is 21.2 Å². The molecule has 0 amide bonds. The van der Waals surface area contributed by atoms with Crippen molar-refractivity contribution in [2.75, 3.05) is 0 Å². The molecule has 3 aromatic rings. The predicted molar refractivity (Wildman–Crippen MR) is 118 cm³/mol. The van der Waals surface area contributed by atoms with E-state index in [0.29, 0.717) is 5.41 Å². The van der Waals surface area contributed by atoms with Gasteiger partial charge in [-0.2, -0.15) is 0 Å². The number of hydrogen-bond donors (Lipinski definition) is 0. The Balaban J connectivity index is 0.000000872. The lowest BCUT2D eigenvalue weighted by Gasteiger charge is -2.45. The van der Waals surface area contributed by atoms with Crippen molar-refractivity contribution in [2.45, 2.75) is 59.3 Å². The van der Waals surface area contributed by atoms with E-state index in [1.807, 2.05) is 31.3 Å². The van der Waals surface area contributed by atoms with Crippen LogP contribution >= 0.6 is 11.3 Å². The van der Waals surface area contributed by atoms with Crippen molar-refractivity contribution in [3.63, 3.8) is 0 Å². The third kappa shape index (κ3) is 3.25. The molecule has 0 saturated heterocycles. The Kier molecular flexibility index (Phi) is 4.94. The fourth-order valence-electron chi connectivity index (χ4n) is 4.52. The molecular weight excluding hydrogens is 348 g/mol. The first-order valence-corrected chi connectivity index (χ1v) is 11.1. The highest BCUT2D eigenvalue weighted by molar-refractivity contribution is 7.18. The summed E-state index contributed by atoms with van der Waals surface area (Å²) in [5, 5.41) is 0.907. The minimum absolute atomic E-state index is 0.286. The SMILES string of the molecule is CC.Cc1ccc(-c2ccc3c(=O)c4c(sc3c2)CC2(CCC2)CC4)cc1. The molecule has 0 N–H and O–H groups in total. The van der Waals surface area contributed by atoms with E-state index in [0.717, 1.165) is 28.5 Å². The van der Waals surface area contributed by atoms with E-state index in [-0.39, 0.29) is 5.43 Å². The zero-order valence-corrected chi connectivity index (χ0v) is 17.4. The molecule has 2 aliphatic carbocycles. The van der Waals surface area contributed by atoms with Crippen LogP contribution in [-0.2, 0) is 12.8 Å². The van der Waals surface area contributed by atoms with Gasteiger partial charge in [0, 0.05) is 20.5 Å². The van der Waals surface area contributed by atoms with Gasteiger partial charge in [0.25, 0.3) is 0 Å². The lowest BCUT2D eigenvalue weighted by molar-refractivity contribution is 0.113. The van der Waals surface area contributed by atoms with E-state index in [1.165, 1.54) is 47.3 Å². The number of fused-ring (bicyclic) bond motifs is 2. The lowest BCUT2D eigenvalue weighted by atomic mass is 9.61. The maximum atomic E-state index is 13.0. The molecule has 0 aliphatic heterocycles. The average Bonchev–Trinajstić information content (AvgIpc) is 2.68. The van der Waals surface area contributed by atoms with E-state index in [1.54, 1.807) is 0 Å². The normalized spacial score (nSPS) is 17.0. The summed E-state index contributed by atoms with van der Waals surface area (Å²) in [6, 6.07) is 15.0. The van der Waals surface area contributed by atoms with Crippen molar-refractivity contribution in [1.29, 1.82) is 0 Å². The predicted octanol–water partition coefficient (Wildman–Crippen LogP) is 6.92. The second kappa shape index (κ2) is 7.24. The van der Waals surface area contributed by atoms with Gasteiger partial charge < -0.3 is 0 Å². The van der Waals surface area contributed by atoms with Gasteiger partial charge in [0.05, 0.1) is 0 Å². The second-order valence-electron chi connectivity index (χ2n) is 7.94. The van der Waals surface area contributed by atoms with E-state index in [9.17, 15) is 4.79 Å². The maximum Gasteiger partial charge on any atom is 0.191 e. The van der Waals surface area contributed by atoms with Crippen LogP contribution in [0.3, 0.4) is 0 Å². The van der Waals surface area contributed by atoms with Gasteiger partial charge in [-0.1, -0.05) is 56.2 Å². The van der Waals surface area contributed by atoms with E-state index < -0.39 is 0 Å². The standard InChI is InChI=1S/C23H22OS.C2H6/c1-15-3-5-16(6-4-15)17-7-8-18-20(13-17)25-21-14-23(10-2-11-23)12-9-19(21)22(18)24;1-2/h3-8,13H,2,9-12,14H2,1H3;1-2H3. The molecule has 1 nitrogen and oxygen atoms in total. The number of aryl methyl sites for hydroxylation is 1. The molecule has 1 aromatic heterocycles. The van der Waals surface area contributed by atoms with E-state index in [2.05, 4.69) is 43.3 Å². The molecule has 0 bridgehead atoms. The van der Waals surface area contributed by atoms with Crippen LogP contribution in [0.1, 0.15) is 55.5 Å². The molecule has 2 heteroatoms. The van der Waals surface area contributed by atoms with Crippen LogP contribution in [-0.4, -0.2) is 0 Å². The molecule has 2 aromatic carbocycles. The average molecular weight is 377 g/mol. The van der Waals surface area contributed by atoms with Crippen LogP contribution in [0.2, 0.25) is 0 Å². The topological polar surface area (TPSA) is 17.1 Å². The maximum absolute atomic E-state index is 13.0. The molecule has 1 spiro atoms. The zero-order chi connectivity index (χ0) is 19.0. The van der Waals surface area contributed by atoms with Gasteiger partial charge in [0.1, 0.15) is 0 Å². The molecule has 0 atom stereocenters. The van der Waals surface area contributed by atoms with Crippen molar-refractivity contribution in [3.8, 4) is 11.1 Å². The Morgan fingerprint density at radius 1 is 0.926 bits per heavy atom. The fraction of sp³-hybridized carbons (Fsp3) is 0.400.